The third-order valence-electron chi connectivity index (χ3n) is 1.41. The van der Waals surface area contributed by atoms with Crippen LogP contribution in [0.5, 0.6) is 0 Å². The monoisotopic (exact) mass is 164 g/mol. The summed E-state index contributed by atoms with van der Waals surface area (Å²) in [6.45, 7) is 2.63. The number of hydrogen-bond donors (Lipinski definition) is 1. The molecule has 0 amide bonds. The maximum absolute atomic E-state index is 12.7. The van der Waals surface area contributed by atoms with Gasteiger partial charge in [-0.2, -0.15) is 5.26 Å². The Morgan fingerprint density at radius 2 is 2.25 bits per heavy atom. The minimum Gasteiger partial charge on any atom is -0.385 e. The van der Waals surface area contributed by atoms with E-state index in [4.69, 9.17) is 5.26 Å². The Morgan fingerprint density at radius 1 is 1.50 bits per heavy atom. The first-order valence-corrected chi connectivity index (χ1v) is 3.71. The topological polar surface area (TPSA) is 35.8 Å². The summed E-state index contributed by atoms with van der Waals surface area (Å²) in [6, 6.07) is 6.08. The Bertz CT molecular complexity index is 315. The molecule has 1 aromatic carbocycles. The van der Waals surface area contributed by atoms with Crippen molar-refractivity contribution in [1.29, 1.82) is 5.26 Å². The first-order valence-electron chi connectivity index (χ1n) is 3.71. The van der Waals surface area contributed by atoms with Crippen molar-refractivity contribution < 1.29 is 4.39 Å². The smallest absolute Gasteiger partial charge is 0.126 e. The van der Waals surface area contributed by atoms with Crippen LogP contribution in [0.4, 0.5) is 10.1 Å². The van der Waals surface area contributed by atoms with Gasteiger partial charge in [0.05, 0.1) is 11.6 Å². The van der Waals surface area contributed by atoms with Crippen LogP contribution in [0, 0.1) is 17.1 Å². The van der Waals surface area contributed by atoms with Gasteiger partial charge in [0, 0.05) is 12.2 Å². The molecule has 0 saturated carbocycles. The van der Waals surface area contributed by atoms with E-state index in [1.165, 1.54) is 12.1 Å². The van der Waals surface area contributed by atoms with Gasteiger partial charge in [-0.25, -0.2) is 4.39 Å². The number of benzene rings is 1. The molecule has 3 heteroatoms. The Morgan fingerprint density at radius 3 is 2.83 bits per heavy atom. The fraction of sp³-hybridized carbons (Fsp3) is 0.222. The number of nitriles is 1. The van der Waals surface area contributed by atoms with Gasteiger partial charge in [0.2, 0.25) is 0 Å². The van der Waals surface area contributed by atoms with Crippen LogP contribution in [0.2, 0.25) is 0 Å². The highest BCUT2D eigenvalue weighted by atomic mass is 19.1. The number of halogens is 1. The Hall–Kier alpha value is -1.56. The highest BCUT2D eigenvalue weighted by Gasteiger charge is 1.98. The third kappa shape index (κ3) is 1.96. The van der Waals surface area contributed by atoms with Gasteiger partial charge < -0.3 is 5.32 Å². The average Bonchev–Trinajstić information content (AvgIpc) is 2.04. The standard InChI is InChI=1S/C9H9FN2/c1-2-12-9-4-7(6-11)3-8(10)5-9/h3-5,12H,2H2,1H3. The number of anilines is 1. The van der Waals surface area contributed by atoms with Gasteiger partial charge in [-0.1, -0.05) is 0 Å². The molecule has 0 saturated heterocycles. The molecule has 0 atom stereocenters. The van der Waals surface area contributed by atoms with Gasteiger partial charge in [-0.15, -0.1) is 0 Å². The van der Waals surface area contributed by atoms with E-state index >= 15 is 0 Å². The zero-order chi connectivity index (χ0) is 8.97. The lowest BCUT2D eigenvalue weighted by Gasteiger charge is -2.02. The van der Waals surface area contributed by atoms with Crippen LogP contribution in [0.25, 0.3) is 0 Å². The van der Waals surface area contributed by atoms with Crippen LogP contribution >= 0.6 is 0 Å². The maximum atomic E-state index is 12.7. The summed E-state index contributed by atoms with van der Waals surface area (Å²) in [7, 11) is 0. The average molecular weight is 164 g/mol. The van der Waals surface area contributed by atoms with Gasteiger partial charge in [0.25, 0.3) is 0 Å². The lowest BCUT2D eigenvalue weighted by Crippen LogP contribution is -1.97. The van der Waals surface area contributed by atoms with E-state index in [0.29, 0.717) is 17.8 Å². The molecule has 62 valence electrons. The molecule has 0 aliphatic heterocycles. The third-order valence-corrected chi connectivity index (χ3v) is 1.41. The first-order chi connectivity index (χ1) is 5.76. The Labute approximate surface area is 70.6 Å². The fourth-order valence-electron chi connectivity index (χ4n) is 0.960. The molecule has 0 aliphatic rings. The van der Waals surface area contributed by atoms with E-state index in [2.05, 4.69) is 5.32 Å². The Balaban J connectivity index is 3.00. The van der Waals surface area contributed by atoms with Crippen LogP contribution in [0.3, 0.4) is 0 Å². The first kappa shape index (κ1) is 8.54. The second-order valence-electron chi connectivity index (χ2n) is 2.37. The van der Waals surface area contributed by atoms with Gasteiger partial charge in [0.1, 0.15) is 5.82 Å². The molecule has 0 spiro atoms. The molecule has 0 heterocycles. The lowest BCUT2D eigenvalue weighted by molar-refractivity contribution is 0.628. The minimum absolute atomic E-state index is 0.339. The van der Waals surface area contributed by atoms with Crippen molar-refractivity contribution in [2.24, 2.45) is 0 Å². The van der Waals surface area contributed by atoms with E-state index in [9.17, 15) is 4.39 Å². The second-order valence-corrected chi connectivity index (χ2v) is 2.37. The molecule has 1 rings (SSSR count). The van der Waals surface area contributed by atoms with Gasteiger partial charge in [-0.3, -0.25) is 0 Å². The number of nitrogens with one attached hydrogen (secondary N) is 1. The van der Waals surface area contributed by atoms with E-state index < -0.39 is 0 Å². The van der Waals surface area contributed by atoms with Gasteiger partial charge in [0.15, 0.2) is 0 Å². The summed E-state index contributed by atoms with van der Waals surface area (Å²) in [5, 5.41) is 11.4. The SMILES string of the molecule is CCNc1cc(F)cc(C#N)c1. The lowest BCUT2D eigenvalue weighted by atomic mass is 10.2. The molecule has 0 aromatic heterocycles. The molecular formula is C9H9FN2. The quantitative estimate of drug-likeness (QED) is 0.726. The number of nitrogens with zero attached hydrogens (tertiary/aromatic N) is 1. The molecular weight excluding hydrogens is 155 g/mol. The maximum Gasteiger partial charge on any atom is 0.126 e. The second kappa shape index (κ2) is 3.72. The molecule has 12 heavy (non-hydrogen) atoms. The summed E-state index contributed by atoms with van der Waals surface area (Å²) in [5.74, 6) is -0.384. The highest BCUT2D eigenvalue weighted by molar-refractivity contribution is 5.49. The number of rotatable bonds is 2. The zero-order valence-corrected chi connectivity index (χ0v) is 6.76. The summed E-state index contributed by atoms with van der Waals surface area (Å²) in [5.41, 5.74) is 0.986. The molecule has 0 aliphatic carbocycles. The Kier molecular flexibility index (Phi) is 2.65. The van der Waals surface area contributed by atoms with Crippen molar-refractivity contribution in [3.63, 3.8) is 0 Å². The predicted molar refractivity (Wildman–Crippen MR) is 45.3 cm³/mol. The number of hydrogen-bond acceptors (Lipinski definition) is 2. The van der Waals surface area contributed by atoms with Crippen molar-refractivity contribution in [3.8, 4) is 6.07 Å². The van der Waals surface area contributed by atoms with Gasteiger partial charge in [-0.05, 0) is 25.1 Å². The van der Waals surface area contributed by atoms with Crippen molar-refractivity contribution in [2.45, 2.75) is 6.92 Å². The molecule has 1 aromatic rings. The van der Waals surface area contributed by atoms with Crippen molar-refractivity contribution in [1.82, 2.24) is 0 Å². The summed E-state index contributed by atoms with van der Waals surface area (Å²) < 4.78 is 12.7. The van der Waals surface area contributed by atoms with E-state index in [-0.39, 0.29) is 5.82 Å². The van der Waals surface area contributed by atoms with Crippen molar-refractivity contribution >= 4 is 5.69 Å². The predicted octanol–water partition coefficient (Wildman–Crippen LogP) is 2.13. The van der Waals surface area contributed by atoms with Crippen LogP contribution in [0.15, 0.2) is 18.2 Å². The van der Waals surface area contributed by atoms with E-state index in [1.54, 1.807) is 6.07 Å². The molecule has 2 nitrogen and oxygen atoms in total. The van der Waals surface area contributed by atoms with Gasteiger partial charge >= 0.3 is 0 Å². The molecule has 0 fully saturated rings. The highest BCUT2D eigenvalue weighted by Crippen LogP contribution is 2.12. The largest absolute Gasteiger partial charge is 0.385 e. The molecule has 1 N–H and O–H groups in total. The summed E-state index contributed by atoms with van der Waals surface area (Å²) in [4.78, 5) is 0. The summed E-state index contributed by atoms with van der Waals surface area (Å²) >= 11 is 0. The molecule has 0 bridgehead atoms. The van der Waals surface area contributed by atoms with Crippen molar-refractivity contribution in [2.75, 3.05) is 11.9 Å². The molecule has 0 radical (unpaired) electrons. The van der Waals surface area contributed by atoms with Crippen LogP contribution in [0.1, 0.15) is 12.5 Å². The minimum atomic E-state index is -0.384. The van der Waals surface area contributed by atoms with Crippen LogP contribution in [-0.4, -0.2) is 6.54 Å². The van der Waals surface area contributed by atoms with Crippen LogP contribution in [-0.2, 0) is 0 Å². The zero-order valence-electron chi connectivity index (χ0n) is 6.76. The fourth-order valence-corrected chi connectivity index (χ4v) is 0.960. The normalized spacial score (nSPS) is 9.08. The van der Waals surface area contributed by atoms with Crippen molar-refractivity contribution in [3.05, 3.63) is 29.6 Å². The van der Waals surface area contributed by atoms with Crippen LogP contribution < -0.4 is 5.32 Å². The molecule has 0 unspecified atom stereocenters. The van der Waals surface area contributed by atoms with E-state index in [0.717, 1.165) is 0 Å². The van der Waals surface area contributed by atoms with E-state index in [1.807, 2.05) is 13.0 Å². The summed E-state index contributed by atoms with van der Waals surface area (Å²) in [6.07, 6.45) is 0.